The van der Waals surface area contributed by atoms with Crippen LogP contribution in [0.2, 0.25) is 0 Å². The number of benzene rings is 2. The molecule has 7 heteroatoms. The van der Waals surface area contributed by atoms with E-state index in [9.17, 15) is 14.0 Å². The summed E-state index contributed by atoms with van der Waals surface area (Å²) in [7, 11) is 1.63. The van der Waals surface area contributed by atoms with Gasteiger partial charge >= 0.3 is 0 Å². The molecule has 0 N–H and O–H groups in total. The molecule has 0 aliphatic carbocycles. The van der Waals surface area contributed by atoms with Gasteiger partial charge in [0.1, 0.15) is 18.2 Å². The van der Waals surface area contributed by atoms with Crippen LogP contribution in [0.3, 0.4) is 0 Å². The standard InChI is InChI=1S/C24H27FN2O4/c1-30-15-14-26-12-10-24(23(26)29)11-13-27(17-24)22(28)18-6-8-20(9-7-18)31-16-19-4-2-3-5-21(19)25/h2-9H,10-17H2,1H3. The van der Waals surface area contributed by atoms with Gasteiger partial charge in [-0.1, -0.05) is 18.2 Å². The van der Waals surface area contributed by atoms with Gasteiger partial charge in [0.05, 0.1) is 12.0 Å². The molecule has 2 aliphatic rings. The normalized spacial score (nSPS) is 20.6. The molecular weight excluding hydrogens is 399 g/mol. The summed E-state index contributed by atoms with van der Waals surface area (Å²) in [6.07, 6.45) is 1.48. The first-order valence-corrected chi connectivity index (χ1v) is 10.6. The van der Waals surface area contributed by atoms with Crippen LogP contribution in [0, 0.1) is 11.2 Å². The van der Waals surface area contributed by atoms with Crippen LogP contribution in [-0.4, -0.2) is 61.5 Å². The number of halogens is 1. The van der Waals surface area contributed by atoms with Crippen molar-refractivity contribution >= 4 is 11.8 Å². The number of likely N-dealkylation sites (tertiary alicyclic amines) is 2. The van der Waals surface area contributed by atoms with Crippen molar-refractivity contribution in [3.8, 4) is 5.75 Å². The Morgan fingerprint density at radius 2 is 1.84 bits per heavy atom. The second-order valence-electron chi connectivity index (χ2n) is 8.20. The van der Waals surface area contributed by atoms with Gasteiger partial charge in [0.2, 0.25) is 5.91 Å². The van der Waals surface area contributed by atoms with Crippen molar-refractivity contribution in [2.45, 2.75) is 19.4 Å². The van der Waals surface area contributed by atoms with Crippen molar-refractivity contribution in [3.05, 3.63) is 65.5 Å². The fraction of sp³-hybridized carbons (Fsp3) is 0.417. The third-order valence-corrected chi connectivity index (χ3v) is 6.26. The summed E-state index contributed by atoms with van der Waals surface area (Å²) in [6.45, 7) is 3.00. The number of hydrogen-bond acceptors (Lipinski definition) is 4. The maximum atomic E-state index is 13.7. The van der Waals surface area contributed by atoms with Crippen molar-refractivity contribution in [1.29, 1.82) is 0 Å². The molecule has 164 valence electrons. The van der Waals surface area contributed by atoms with Crippen LogP contribution < -0.4 is 4.74 Å². The molecule has 31 heavy (non-hydrogen) atoms. The molecule has 1 spiro atoms. The van der Waals surface area contributed by atoms with E-state index in [2.05, 4.69) is 0 Å². The topological polar surface area (TPSA) is 59.1 Å². The maximum Gasteiger partial charge on any atom is 0.253 e. The minimum Gasteiger partial charge on any atom is -0.489 e. The number of rotatable bonds is 7. The van der Waals surface area contributed by atoms with Gasteiger partial charge in [-0.25, -0.2) is 4.39 Å². The molecule has 2 aromatic rings. The number of ether oxygens (including phenoxy) is 2. The molecule has 2 fully saturated rings. The summed E-state index contributed by atoms with van der Waals surface area (Å²) in [4.78, 5) is 29.5. The number of hydrogen-bond donors (Lipinski definition) is 0. The molecule has 6 nitrogen and oxygen atoms in total. The highest BCUT2D eigenvalue weighted by molar-refractivity contribution is 5.95. The van der Waals surface area contributed by atoms with E-state index in [1.807, 2.05) is 4.90 Å². The monoisotopic (exact) mass is 426 g/mol. The summed E-state index contributed by atoms with van der Waals surface area (Å²) in [5.41, 5.74) is 0.578. The Labute approximate surface area is 181 Å². The molecule has 2 aliphatic heterocycles. The highest BCUT2D eigenvalue weighted by atomic mass is 19.1. The number of carbonyl (C=O) groups is 2. The van der Waals surface area contributed by atoms with Crippen molar-refractivity contribution < 1.29 is 23.5 Å². The lowest BCUT2D eigenvalue weighted by Crippen LogP contribution is -2.39. The van der Waals surface area contributed by atoms with E-state index in [4.69, 9.17) is 9.47 Å². The molecule has 2 amide bonds. The lowest BCUT2D eigenvalue weighted by atomic mass is 9.85. The molecule has 2 aromatic carbocycles. The fourth-order valence-electron chi connectivity index (χ4n) is 4.38. The van der Waals surface area contributed by atoms with Crippen LogP contribution in [0.5, 0.6) is 5.75 Å². The second kappa shape index (κ2) is 9.06. The summed E-state index contributed by atoms with van der Waals surface area (Å²) < 4.78 is 24.4. The van der Waals surface area contributed by atoms with Gasteiger partial charge in [0.15, 0.2) is 0 Å². The Balaban J connectivity index is 1.35. The van der Waals surface area contributed by atoms with Crippen molar-refractivity contribution in [3.63, 3.8) is 0 Å². The minimum atomic E-state index is -0.452. The first-order valence-electron chi connectivity index (χ1n) is 10.6. The lowest BCUT2D eigenvalue weighted by Gasteiger charge is -2.23. The van der Waals surface area contributed by atoms with Crippen LogP contribution >= 0.6 is 0 Å². The van der Waals surface area contributed by atoms with Gasteiger partial charge < -0.3 is 19.3 Å². The molecule has 1 unspecified atom stereocenters. The van der Waals surface area contributed by atoms with E-state index in [1.165, 1.54) is 6.07 Å². The Kier molecular flexibility index (Phi) is 6.23. The minimum absolute atomic E-state index is 0.0827. The van der Waals surface area contributed by atoms with Crippen LogP contribution in [0.1, 0.15) is 28.8 Å². The third-order valence-electron chi connectivity index (χ3n) is 6.26. The van der Waals surface area contributed by atoms with Crippen molar-refractivity contribution in [1.82, 2.24) is 9.80 Å². The van der Waals surface area contributed by atoms with Crippen LogP contribution in [0.15, 0.2) is 48.5 Å². The highest BCUT2D eigenvalue weighted by Gasteiger charge is 2.51. The van der Waals surface area contributed by atoms with Crippen LogP contribution in [-0.2, 0) is 16.1 Å². The average Bonchev–Trinajstić information content (AvgIpc) is 3.36. The summed E-state index contributed by atoms with van der Waals surface area (Å²) in [5, 5.41) is 0. The van der Waals surface area contributed by atoms with E-state index in [-0.39, 0.29) is 24.2 Å². The van der Waals surface area contributed by atoms with E-state index < -0.39 is 5.41 Å². The van der Waals surface area contributed by atoms with Gasteiger partial charge in [0, 0.05) is 44.4 Å². The Bertz CT molecular complexity index is 949. The van der Waals surface area contributed by atoms with Gasteiger partial charge in [-0.2, -0.15) is 0 Å². The largest absolute Gasteiger partial charge is 0.489 e. The SMILES string of the molecule is COCCN1CCC2(CCN(C(=O)c3ccc(OCc4ccccc4F)cc3)C2)C1=O. The predicted octanol–water partition coefficient (Wildman–Crippen LogP) is 3.12. The Morgan fingerprint density at radius 3 is 2.58 bits per heavy atom. The maximum absolute atomic E-state index is 13.7. The first kappa shape index (κ1) is 21.3. The van der Waals surface area contributed by atoms with E-state index >= 15 is 0 Å². The summed E-state index contributed by atoms with van der Waals surface area (Å²) >= 11 is 0. The summed E-state index contributed by atoms with van der Waals surface area (Å²) in [5.74, 6) is 0.314. The van der Waals surface area contributed by atoms with Gasteiger partial charge in [-0.15, -0.1) is 0 Å². The van der Waals surface area contributed by atoms with E-state index in [0.29, 0.717) is 49.5 Å². The molecule has 4 rings (SSSR count). The van der Waals surface area contributed by atoms with Gasteiger partial charge in [-0.05, 0) is 43.2 Å². The number of carbonyl (C=O) groups excluding carboxylic acids is 2. The smallest absolute Gasteiger partial charge is 0.253 e. The molecule has 0 radical (unpaired) electrons. The van der Waals surface area contributed by atoms with Crippen molar-refractivity contribution in [2.24, 2.45) is 5.41 Å². The molecule has 0 aromatic heterocycles. The zero-order valence-electron chi connectivity index (χ0n) is 17.7. The first-order chi connectivity index (χ1) is 15.0. The fourth-order valence-corrected chi connectivity index (χ4v) is 4.38. The Hall–Kier alpha value is -2.93. The van der Waals surface area contributed by atoms with Gasteiger partial charge in [0.25, 0.3) is 5.91 Å². The molecule has 2 saturated heterocycles. The summed E-state index contributed by atoms with van der Waals surface area (Å²) in [6, 6.07) is 13.3. The van der Waals surface area contributed by atoms with E-state index in [1.54, 1.807) is 54.5 Å². The zero-order valence-corrected chi connectivity index (χ0v) is 17.7. The number of nitrogens with zero attached hydrogens (tertiary/aromatic N) is 2. The van der Waals surface area contributed by atoms with Crippen molar-refractivity contribution in [2.75, 3.05) is 39.9 Å². The average molecular weight is 426 g/mol. The predicted molar refractivity (Wildman–Crippen MR) is 113 cm³/mol. The van der Waals surface area contributed by atoms with Crippen LogP contribution in [0.4, 0.5) is 4.39 Å². The lowest BCUT2D eigenvalue weighted by molar-refractivity contribution is -0.135. The highest BCUT2D eigenvalue weighted by Crippen LogP contribution is 2.41. The zero-order chi connectivity index (χ0) is 21.8. The molecule has 2 heterocycles. The van der Waals surface area contributed by atoms with Crippen LogP contribution in [0.25, 0.3) is 0 Å². The number of methoxy groups -OCH3 is 1. The molecular formula is C24H27FN2O4. The molecule has 1 atom stereocenters. The molecule has 0 saturated carbocycles. The quantitative estimate of drug-likeness (QED) is 0.683. The third kappa shape index (κ3) is 4.42. The number of amides is 2. The van der Waals surface area contributed by atoms with E-state index in [0.717, 1.165) is 13.0 Å². The molecule has 0 bridgehead atoms. The van der Waals surface area contributed by atoms with Gasteiger partial charge in [-0.3, -0.25) is 9.59 Å². The Morgan fingerprint density at radius 1 is 1.10 bits per heavy atom. The second-order valence-corrected chi connectivity index (χ2v) is 8.20.